The summed E-state index contributed by atoms with van der Waals surface area (Å²) in [6.07, 6.45) is -0.884. The summed E-state index contributed by atoms with van der Waals surface area (Å²) in [5.41, 5.74) is 1.93. The second-order valence-corrected chi connectivity index (χ2v) is 11.3. The maximum atomic E-state index is 13.5. The Hall–Kier alpha value is -3.21. The molecule has 0 spiro atoms. The van der Waals surface area contributed by atoms with Gasteiger partial charge in [0.2, 0.25) is 6.35 Å². The van der Waals surface area contributed by atoms with Gasteiger partial charge < -0.3 is 19.7 Å². The van der Waals surface area contributed by atoms with Crippen molar-refractivity contribution >= 4 is 21.6 Å². The van der Waals surface area contributed by atoms with Crippen molar-refractivity contribution in [1.29, 1.82) is 0 Å². The molecule has 2 heterocycles. The molecule has 2 aromatic carbocycles. The number of sulfone groups is 1. The smallest absolute Gasteiger partial charge is 0.277 e. The highest BCUT2D eigenvalue weighted by atomic mass is 32.2. The fraction of sp³-hybridized carbons (Fsp3) is 0.360. The lowest BCUT2D eigenvalue weighted by Crippen LogP contribution is -2.54. The van der Waals surface area contributed by atoms with E-state index >= 15 is 0 Å². The molecule has 4 rings (SSSR count). The molecule has 186 valence electrons. The van der Waals surface area contributed by atoms with E-state index in [1.807, 2.05) is 30.3 Å². The van der Waals surface area contributed by atoms with Gasteiger partial charge in [-0.05, 0) is 50.1 Å². The summed E-state index contributed by atoms with van der Waals surface area (Å²) >= 11 is 0. The lowest BCUT2D eigenvalue weighted by Gasteiger charge is -2.38. The SMILES string of the molecule is CC(C)S(=O)(=O)c1ccc(-c2nc3c(n2Cc2ccccc2)C(=O)N(CCCO)C(O)N3C)cc1. The van der Waals surface area contributed by atoms with Crippen LogP contribution in [-0.2, 0) is 16.4 Å². The van der Waals surface area contributed by atoms with Crippen molar-refractivity contribution in [3.05, 3.63) is 65.9 Å². The molecule has 3 aromatic rings. The maximum absolute atomic E-state index is 13.5. The number of imidazole rings is 1. The number of fused-ring (bicyclic) bond motifs is 1. The number of carbonyl (C=O) groups excluding carboxylic acids is 1. The van der Waals surface area contributed by atoms with Crippen molar-refractivity contribution in [2.24, 2.45) is 0 Å². The molecule has 0 radical (unpaired) electrons. The number of amides is 1. The predicted octanol–water partition coefficient (Wildman–Crippen LogP) is 2.33. The van der Waals surface area contributed by atoms with Gasteiger partial charge in [0.25, 0.3) is 5.91 Å². The maximum Gasteiger partial charge on any atom is 0.277 e. The summed E-state index contributed by atoms with van der Waals surface area (Å²) in [4.78, 5) is 21.3. The molecule has 0 saturated carbocycles. The molecular weight excluding hydrogens is 468 g/mol. The fourth-order valence-electron chi connectivity index (χ4n) is 4.12. The first-order chi connectivity index (χ1) is 16.7. The first-order valence-corrected chi connectivity index (χ1v) is 13.0. The summed E-state index contributed by atoms with van der Waals surface area (Å²) in [5, 5.41) is 19.5. The zero-order chi connectivity index (χ0) is 25.3. The lowest BCUT2D eigenvalue weighted by atomic mass is 10.2. The van der Waals surface area contributed by atoms with E-state index in [9.17, 15) is 23.4 Å². The Labute approximate surface area is 205 Å². The van der Waals surface area contributed by atoms with Crippen LogP contribution in [0, 0.1) is 0 Å². The van der Waals surface area contributed by atoms with E-state index in [1.54, 1.807) is 49.7 Å². The van der Waals surface area contributed by atoms with Crippen molar-refractivity contribution in [2.75, 3.05) is 25.1 Å². The summed E-state index contributed by atoms with van der Waals surface area (Å²) in [6.45, 7) is 3.72. The van der Waals surface area contributed by atoms with Crippen LogP contribution in [0.15, 0.2) is 59.5 Å². The predicted molar refractivity (Wildman–Crippen MR) is 133 cm³/mol. The normalized spacial score (nSPS) is 16.2. The molecule has 0 saturated heterocycles. The number of hydrogen-bond acceptors (Lipinski definition) is 7. The van der Waals surface area contributed by atoms with Gasteiger partial charge in [0.15, 0.2) is 21.3 Å². The Morgan fingerprint density at radius 1 is 1.06 bits per heavy atom. The Morgan fingerprint density at radius 3 is 2.31 bits per heavy atom. The standard InChI is InChI=1S/C25H30N4O5S/c1-17(2)35(33,34)20-12-10-19(11-13-20)22-26-23-21(29(22)16-18-8-5-4-6-9-18)24(31)28(14-7-15-30)25(32)27(23)3/h4-6,8-13,17,25,30,32H,7,14-16H2,1-3H3. The van der Waals surface area contributed by atoms with Crippen LogP contribution in [0.5, 0.6) is 0 Å². The van der Waals surface area contributed by atoms with E-state index in [-0.39, 0.29) is 24.0 Å². The van der Waals surface area contributed by atoms with E-state index in [1.165, 1.54) is 9.80 Å². The number of aliphatic hydroxyl groups excluding tert-OH is 2. The Balaban J connectivity index is 1.85. The van der Waals surface area contributed by atoms with E-state index in [0.29, 0.717) is 35.9 Å². The van der Waals surface area contributed by atoms with Gasteiger partial charge in [-0.25, -0.2) is 13.4 Å². The fourth-order valence-corrected chi connectivity index (χ4v) is 5.18. The quantitative estimate of drug-likeness (QED) is 0.490. The average molecular weight is 499 g/mol. The third kappa shape index (κ3) is 4.56. The molecule has 35 heavy (non-hydrogen) atoms. The van der Waals surface area contributed by atoms with Crippen LogP contribution in [0.3, 0.4) is 0 Å². The van der Waals surface area contributed by atoms with Crippen molar-refractivity contribution in [3.63, 3.8) is 0 Å². The average Bonchev–Trinajstić information content (AvgIpc) is 3.22. The van der Waals surface area contributed by atoms with Gasteiger partial charge in [-0.3, -0.25) is 9.69 Å². The van der Waals surface area contributed by atoms with Crippen molar-refractivity contribution in [2.45, 2.75) is 43.3 Å². The molecule has 1 unspecified atom stereocenters. The van der Waals surface area contributed by atoms with Crippen LogP contribution < -0.4 is 4.90 Å². The van der Waals surface area contributed by atoms with E-state index < -0.39 is 21.4 Å². The number of carbonyl (C=O) groups is 1. The summed E-state index contributed by atoms with van der Waals surface area (Å²) < 4.78 is 26.9. The molecular formula is C25H30N4O5S. The molecule has 1 aromatic heterocycles. The molecule has 1 aliphatic heterocycles. The number of nitrogens with zero attached hydrogens (tertiary/aromatic N) is 4. The number of aromatic nitrogens is 2. The zero-order valence-electron chi connectivity index (χ0n) is 20.0. The summed E-state index contributed by atoms with van der Waals surface area (Å²) in [5.74, 6) is 0.448. The van der Waals surface area contributed by atoms with Crippen LogP contribution in [0.1, 0.15) is 36.3 Å². The molecule has 9 nitrogen and oxygen atoms in total. The number of benzene rings is 2. The van der Waals surface area contributed by atoms with E-state index in [2.05, 4.69) is 0 Å². The summed E-state index contributed by atoms with van der Waals surface area (Å²) in [7, 11) is -1.77. The minimum absolute atomic E-state index is 0.104. The molecule has 2 N–H and O–H groups in total. The highest BCUT2D eigenvalue weighted by Gasteiger charge is 2.39. The number of aliphatic hydroxyl groups is 2. The third-order valence-electron chi connectivity index (χ3n) is 6.17. The third-order valence-corrected chi connectivity index (χ3v) is 8.34. The van der Waals surface area contributed by atoms with Crippen LogP contribution in [0.25, 0.3) is 11.4 Å². The highest BCUT2D eigenvalue weighted by molar-refractivity contribution is 7.92. The topological polar surface area (TPSA) is 116 Å². The Kier molecular flexibility index (Phi) is 6.98. The van der Waals surface area contributed by atoms with Crippen LogP contribution in [0.2, 0.25) is 0 Å². The van der Waals surface area contributed by atoms with E-state index in [0.717, 1.165) is 5.56 Å². The molecule has 0 aliphatic carbocycles. The highest BCUT2D eigenvalue weighted by Crippen LogP contribution is 2.34. The molecule has 1 aliphatic rings. The lowest BCUT2D eigenvalue weighted by molar-refractivity contribution is 0.00113. The van der Waals surface area contributed by atoms with Gasteiger partial charge in [-0.2, -0.15) is 0 Å². The molecule has 1 atom stereocenters. The second-order valence-electron chi connectivity index (χ2n) is 8.83. The second kappa shape index (κ2) is 9.80. The minimum atomic E-state index is -3.43. The van der Waals surface area contributed by atoms with Crippen LogP contribution in [0.4, 0.5) is 5.82 Å². The van der Waals surface area contributed by atoms with E-state index in [4.69, 9.17) is 4.98 Å². The monoisotopic (exact) mass is 498 g/mol. The molecule has 0 bridgehead atoms. The first-order valence-electron chi connectivity index (χ1n) is 11.5. The van der Waals surface area contributed by atoms with Gasteiger partial charge in [-0.1, -0.05) is 30.3 Å². The summed E-state index contributed by atoms with van der Waals surface area (Å²) in [6, 6.07) is 16.1. The van der Waals surface area contributed by atoms with Crippen LogP contribution in [-0.4, -0.2) is 70.8 Å². The molecule has 0 fully saturated rings. The van der Waals surface area contributed by atoms with Gasteiger partial charge >= 0.3 is 0 Å². The number of rotatable bonds is 8. The Bertz CT molecular complexity index is 1300. The number of hydrogen-bond donors (Lipinski definition) is 2. The van der Waals surface area contributed by atoms with Gasteiger partial charge in [0.05, 0.1) is 10.1 Å². The zero-order valence-corrected chi connectivity index (χ0v) is 20.8. The van der Waals surface area contributed by atoms with Crippen molar-refractivity contribution < 1.29 is 23.4 Å². The first kappa shape index (κ1) is 24.9. The largest absolute Gasteiger partial charge is 0.396 e. The molecule has 1 amide bonds. The molecule has 10 heteroatoms. The van der Waals surface area contributed by atoms with Crippen molar-refractivity contribution in [3.8, 4) is 11.4 Å². The van der Waals surface area contributed by atoms with Gasteiger partial charge in [-0.15, -0.1) is 0 Å². The van der Waals surface area contributed by atoms with Crippen LogP contribution >= 0.6 is 0 Å². The van der Waals surface area contributed by atoms with Crippen molar-refractivity contribution in [1.82, 2.24) is 14.5 Å². The Morgan fingerprint density at radius 2 is 1.71 bits per heavy atom. The number of anilines is 1. The van der Waals surface area contributed by atoms with Gasteiger partial charge in [0, 0.05) is 32.3 Å². The minimum Gasteiger partial charge on any atom is -0.396 e. The van der Waals surface area contributed by atoms with Gasteiger partial charge in [0.1, 0.15) is 5.82 Å².